The van der Waals surface area contributed by atoms with Gasteiger partial charge in [0, 0.05) is 10.0 Å². The SMILES string of the molecule is COC(=O)c1cc2c(cc1Br)[nH]c(=O)n2C1(C)CC1. The Morgan fingerprint density at radius 1 is 1.47 bits per heavy atom. The van der Waals surface area contributed by atoms with E-state index in [1.54, 1.807) is 16.7 Å². The second kappa shape index (κ2) is 3.96. The number of nitrogens with zero attached hydrogens (tertiary/aromatic N) is 1. The number of halogens is 1. The molecule has 2 aromatic rings. The van der Waals surface area contributed by atoms with E-state index in [0.29, 0.717) is 10.0 Å². The van der Waals surface area contributed by atoms with E-state index in [1.165, 1.54) is 7.11 Å². The number of fused-ring (bicyclic) bond motifs is 1. The van der Waals surface area contributed by atoms with Crippen LogP contribution in [0.4, 0.5) is 0 Å². The molecule has 0 bridgehead atoms. The van der Waals surface area contributed by atoms with Crippen molar-refractivity contribution < 1.29 is 9.53 Å². The normalized spacial score (nSPS) is 16.6. The summed E-state index contributed by atoms with van der Waals surface area (Å²) in [6, 6.07) is 3.44. The highest BCUT2D eigenvalue weighted by molar-refractivity contribution is 9.10. The van der Waals surface area contributed by atoms with Crippen LogP contribution in [0.5, 0.6) is 0 Å². The van der Waals surface area contributed by atoms with Gasteiger partial charge < -0.3 is 9.72 Å². The lowest BCUT2D eigenvalue weighted by molar-refractivity contribution is 0.0600. The molecule has 0 unspecified atom stereocenters. The molecule has 0 aliphatic heterocycles. The minimum atomic E-state index is -0.421. The van der Waals surface area contributed by atoms with Gasteiger partial charge in [0.1, 0.15) is 0 Å². The first kappa shape index (κ1) is 12.5. The molecule has 0 spiro atoms. The first-order valence-corrected chi connectivity index (χ1v) is 6.79. The Kier molecular flexibility index (Phi) is 2.60. The molecule has 1 N–H and O–H groups in total. The van der Waals surface area contributed by atoms with Crippen LogP contribution in [0, 0.1) is 0 Å². The Morgan fingerprint density at radius 2 is 2.16 bits per heavy atom. The number of esters is 1. The molecule has 0 amide bonds. The predicted molar refractivity (Wildman–Crippen MR) is 74.5 cm³/mol. The minimum Gasteiger partial charge on any atom is -0.465 e. The van der Waals surface area contributed by atoms with Gasteiger partial charge in [-0.15, -0.1) is 0 Å². The molecule has 1 aromatic carbocycles. The number of hydrogen-bond donors (Lipinski definition) is 1. The predicted octanol–water partition coefficient (Wildman–Crippen LogP) is 2.39. The number of carbonyl (C=O) groups excluding carboxylic acids is 1. The number of methoxy groups -OCH3 is 1. The maximum atomic E-state index is 12.1. The number of aromatic nitrogens is 2. The fourth-order valence-corrected chi connectivity index (χ4v) is 2.84. The van der Waals surface area contributed by atoms with E-state index in [9.17, 15) is 9.59 Å². The zero-order valence-corrected chi connectivity index (χ0v) is 12.2. The maximum absolute atomic E-state index is 12.1. The van der Waals surface area contributed by atoms with Crippen LogP contribution in [0.1, 0.15) is 30.1 Å². The second-order valence-corrected chi connectivity index (χ2v) is 5.96. The molecular weight excluding hydrogens is 312 g/mol. The third kappa shape index (κ3) is 1.82. The number of carbonyl (C=O) groups is 1. The van der Waals surface area contributed by atoms with E-state index < -0.39 is 5.97 Å². The van der Waals surface area contributed by atoms with Crippen molar-refractivity contribution in [3.05, 3.63) is 32.7 Å². The van der Waals surface area contributed by atoms with Crippen molar-refractivity contribution in [3.63, 3.8) is 0 Å². The largest absolute Gasteiger partial charge is 0.465 e. The number of H-pyrrole nitrogens is 1. The third-order valence-corrected chi connectivity index (χ3v) is 4.35. The Bertz CT molecular complexity index is 740. The molecule has 1 aliphatic carbocycles. The zero-order valence-electron chi connectivity index (χ0n) is 10.6. The molecule has 1 aliphatic rings. The van der Waals surface area contributed by atoms with Gasteiger partial charge >= 0.3 is 11.7 Å². The van der Waals surface area contributed by atoms with Crippen LogP contribution in [0.25, 0.3) is 11.0 Å². The smallest absolute Gasteiger partial charge is 0.339 e. The summed E-state index contributed by atoms with van der Waals surface area (Å²) in [6.45, 7) is 2.04. The van der Waals surface area contributed by atoms with E-state index in [1.807, 2.05) is 6.92 Å². The van der Waals surface area contributed by atoms with Crippen LogP contribution in [-0.2, 0) is 10.3 Å². The molecule has 3 rings (SSSR count). The van der Waals surface area contributed by atoms with E-state index in [4.69, 9.17) is 4.74 Å². The Balaban J connectivity index is 2.31. The molecule has 6 heteroatoms. The molecule has 19 heavy (non-hydrogen) atoms. The van der Waals surface area contributed by atoms with Crippen molar-refractivity contribution >= 4 is 32.9 Å². The van der Waals surface area contributed by atoms with Gasteiger partial charge in [-0.3, -0.25) is 4.57 Å². The number of hydrogen-bond acceptors (Lipinski definition) is 3. The van der Waals surface area contributed by atoms with Gasteiger partial charge in [0.05, 0.1) is 23.7 Å². The van der Waals surface area contributed by atoms with Crippen molar-refractivity contribution in [2.45, 2.75) is 25.3 Å². The fourth-order valence-electron chi connectivity index (χ4n) is 2.33. The molecule has 5 nitrogen and oxygen atoms in total. The van der Waals surface area contributed by atoms with Gasteiger partial charge in [-0.05, 0) is 47.8 Å². The van der Waals surface area contributed by atoms with Crippen molar-refractivity contribution in [3.8, 4) is 0 Å². The molecule has 1 aromatic heterocycles. The van der Waals surface area contributed by atoms with Crippen molar-refractivity contribution in [1.29, 1.82) is 0 Å². The summed E-state index contributed by atoms with van der Waals surface area (Å²) in [6.07, 6.45) is 1.95. The molecule has 1 fully saturated rings. The van der Waals surface area contributed by atoms with Gasteiger partial charge in [-0.2, -0.15) is 0 Å². The molecule has 100 valence electrons. The summed E-state index contributed by atoms with van der Waals surface area (Å²) >= 11 is 3.33. The fraction of sp³-hybridized carbons (Fsp3) is 0.385. The zero-order chi connectivity index (χ0) is 13.8. The van der Waals surface area contributed by atoms with Crippen molar-refractivity contribution in [1.82, 2.24) is 9.55 Å². The third-order valence-electron chi connectivity index (χ3n) is 3.69. The molecule has 0 saturated heterocycles. The van der Waals surface area contributed by atoms with Crippen LogP contribution in [0.15, 0.2) is 21.4 Å². The van der Waals surface area contributed by atoms with E-state index in [0.717, 1.165) is 23.9 Å². The van der Waals surface area contributed by atoms with Gasteiger partial charge in [-0.25, -0.2) is 9.59 Å². The molecule has 1 heterocycles. The summed E-state index contributed by atoms with van der Waals surface area (Å²) in [5.74, 6) is -0.421. The number of imidazole rings is 1. The van der Waals surface area contributed by atoms with Crippen molar-refractivity contribution in [2.24, 2.45) is 0 Å². The van der Waals surface area contributed by atoms with Gasteiger partial charge in [-0.1, -0.05) is 0 Å². The van der Waals surface area contributed by atoms with Crippen LogP contribution < -0.4 is 5.69 Å². The molecule has 1 saturated carbocycles. The highest BCUT2D eigenvalue weighted by Gasteiger charge is 2.41. The molecule has 0 atom stereocenters. The topological polar surface area (TPSA) is 64.1 Å². The average molecular weight is 325 g/mol. The van der Waals surface area contributed by atoms with E-state index >= 15 is 0 Å². The summed E-state index contributed by atoms with van der Waals surface area (Å²) in [7, 11) is 1.34. The first-order valence-electron chi connectivity index (χ1n) is 5.99. The number of aromatic amines is 1. The van der Waals surface area contributed by atoms with Crippen LogP contribution >= 0.6 is 15.9 Å². The summed E-state index contributed by atoms with van der Waals surface area (Å²) in [5.41, 5.74) is 1.62. The molecule has 0 radical (unpaired) electrons. The lowest BCUT2D eigenvalue weighted by Crippen LogP contribution is -2.25. The maximum Gasteiger partial charge on any atom is 0.339 e. The second-order valence-electron chi connectivity index (χ2n) is 5.10. The quantitative estimate of drug-likeness (QED) is 0.863. The number of rotatable bonds is 2. The average Bonchev–Trinajstić information content (AvgIpc) is 3.00. The van der Waals surface area contributed by atoms with E-state index in [2.05, 4.69) is 20.9 Å². The molecular formula is C13H13BrN2O3. The Labute approximate surface area is 117 Å². The monoisotopic (exact) mass is 324 g/mol. The number of benzene rings is 1. The lowest BCUT2D eigenvalue weighted by atomic mass is 10.2. The summed E-state index contributed by atoms with van der Waals surface area (Å²) in [5, 5.41) is 0. The van der Waals surface area contributed by atoms with Crippen LogP contribution in [0.2, 0.25) is 0 Å². The number of ether oxygens (including phenoxy) is 1. The summed E-state index contributed by atoms with van der Waals surface area (Å²) in [4.78, 5) is 26.6. The number of nitrogens with one attached hydrogen (secondary N) is 1. The van der Waals surface area contributed by atoms with Gasteiger partial charge in [0.25, 0.3) is 0 Å². The standard InChI is InChI=1S/C13H13BrN2O3/c1-13(3-4-13)16-10-5-7(11(17)19-2)8(14)6-9(10)15-12(16)18/h5-6H,3-4H2,1-2H3,(H,15,18). The van der Waals surface area contributed by atoms with Crippen LogP contribution in [-0.4, -0.2) is 22.6 Å². The van der Waals surface area contributed by atoms with E-state index in [-0.39, 0.29) is 11.2 Å². The van der Waals surface area contributed by atoms with Crippen LogP contribution in [0.3, 0.4) is 0 Å². The van der Waals surface area contributed by atoms with Gasteiger partial charge in [0.2, 0.25) is 0 Å². The van der Waals surface area contributed by atoms with Crippen molar-refractivity contribution in [2.75, 3.05) is 7.11 Å². The highest BCUT2D eigenvalue weighted by Crippen LogP contribution is 2.43. The minimum absolute atomic E-state index is 0.128. The van der Waals surface area contributed by atoms with Gasteiger partial charge in [0.15, 0.2) is 0 Å². The summed E-state index contributed by atoms with van der Waals surface area (Å²) < 4.78 is 7.10. The lowest BCUT2D eigenvalue weighted by Gasteiger charge is -2.11. The first-order chi connectivity index (χ1) is 8.96. The Hall–Kier alpha value is -1.56. The Morgan fingerprint density at radius 3 is 2.74 bits per heavy atom. The highest BCUT2D eigenvalue weighted by atomic mass is 79.9.